The molecule has 0 bridgehead atoms. The molecule has 0 aromatic heterocycles. The molecule has 26 heavy (non-hydrogen) atoms. The van der Waals surface area contributed by atoms with Crippen molar-refractivity contribution in [2.75, 3.05) is 0 Å². The SMILES string of the molecule is Cc1ccc(N=C(/C=C/Sc2ccc(C)cc2)c2ccccc2Cl)cc1. The Morgan fingerprint density at radius 1 is 0.846 bits per heavy atom. The molecule has 0 amide bonds. The monoisotopic (exact) mass is 377 g/mol. The highest BCUT2D eigenvalue weighted by Crippen LogP contribution is 2.23. The topological polar surface area (TPSA) is 12.4 Å². The zero-order valence-electron chi connectivity index (χ0n) is 14.8. The van der Waals surface area contributed by atoms with Crippen molar-refractivity contribution in [1.29, 1.82) is 0 Å². The molecule has 0 aliphatic heterocycles. The van der Waals surface area contributed by atoms with Crippen molar-refractivity contribution < 1.29 is 0 Å². The number of rotatable bonds is 5. The van der Waals surface area contributed by atoms with Gasteiger partial charge in [0.15, 0.2) is 0 Å². The van der Waals surface area contributed by atoms with Gasteiger partial charge >= 0.3 is 0 Å². The Kier molecular flexibility index (Phi) is 6.32. The van der Waals surface area contributed by atoms with E-state index in [1.165, 1.54) is 16.0 Å². The van der Waals surface area contributed by atoms with Gasteiger partial charge in [-0.05, 0) is 55.7 Å². The van der Waals surface area contributed by atoms with E-state index in [9.17, 15) is 0 Å². The average molecular weight is 378 g/mol. The first-order chi connectivity index (χ1) is 12.6. The van der Waals surface area contributed by atoms with Gasteiger partial charge in [-0.15, -0.1) is 0 Å². The number of allylic oxidation sites excluding steroid dienone is 1. The van der Waals surface area contributed by atoms with Gasteiger partial charge in [-0.1, -0.05) is 77.0 Å². The van der Waals surface area contributed by atoms with Gasteiger partial charge in [0.25, 0.3) is 0 Å². The largest absolute Gasteiger partial charge is 0.248 e. The molecule has 0 atom stereocenters. The number of aryl methyl sites for hydroxylation is 2. The molecule has 0 fully saturated rings. The second kappa shape index (κ2) is 8.88. The molecular formula is C23H20ClNS. The number of thioether (sulfide) groups is 1. The van der Waals surface area contributed by atoms with Gasteiger partial charge in [-0.2, -0.15) is 0 Å². The van der Waals surface area contributed by atoms with E-state index in [2.05, 4.69) is 55.7 Å². The van der Waals surface area contributed by atoms with Crippen molar-refractivity contribution in [2.24, 2.45) is 4.99 Å². The quantitative estimate of drug-likeness (QED) is 0.333. The average Bonchev–Trinajstić information content (AvgIpc) is 2.65. The summed E-state index contributed by atoms with van der Waals surface area (Å²) in [6.45, 7) is 4.16. The van der Waals surface area contributed by atoms with Crippen LogP contribution in [0.2, 0.25) is 5.02 Å². The lowest BCUT2D eigenvalue weighted by atomic mass is 10.1. The summed E-state index contributed by atoms with van der Waals surface area (Å²) >= 11 is 8.07. The Labute approximate surface area is 164 Å². The number of benzene rings is 3. The first-order valence-electron chi connectivity index (χ1n) is 8.42. The van der Waals surface area contributed by atoms with Crippen LogP contribution in [0.15, 0.2) is 94.2 Å². The van der Waals surface area contributed by atoms with Crippen LogP contribution in [0.4, 0.5) is 5.69 Å². The van der Waals surface area contributed by atoms with E-state index in [1.807, 2.05) is 42.5 Å². The van der Waals surface area contributed by atoms with Crippen molar-refractivity contribution >= 4 is 34.8 Å². The summed E-state index contributed by atoms with van der Waals surface area (Å²) in [5.41, 5.74) is 5.16. The van der Waals surface area contributed by atoms with Crippen molar-refractivity contribution in [3.05, 3.63) is 106 Å². The third-order valence-corrected chi connectivity index (χ3v) is 5.03. The van der Waals surface area contributed by atoms with Gasteiger partial charge < -0.3 is 0 Å². The van der Waals surface area contributed by atoms with Gasteiger partial charge in [0.2, 0.25) is 0 Å². The standard InChI is InChI=1S/C23H20ClNS/c1-17-7-11-19(12-8-17)25-23(21-5-3-4-6-22(21)24)15-16-26-20-13-9-18(2)10-14-20/h3-16H,1-2H3/b16-15+,25-23?. The highest BCUT2D eigenvalue weighted by Gasteiger charge is 2.05. The first-order valence-corrected chi connectivity index (χ1v) is 9.68. The van der Waals surface area contributed by atoms with E-state index in [1.54, 1.807) is 11.8 Å². The van der Waals surface area contributed by atoms with Crippen LogP contribution in [0.1, 0.15) is 16.7 Å². The number of hydrogen-bond acceptors (Lipinski definition) is 2. The van der Waals surface area contributed by atoms with Crippen molar-refractivity contribution in [3.63, 3.8) is 0 Å². The van der Waals surface area contributed by atoms with Gasteiger partial charge in [-0.25, -0.2) is 4.99 Å². The van der Waals surface area contributed by atoms with E-state index in [-0.39, 0.29) is 0 Å². The minimum absolute atomic E-state index is 0.698. The molecule has 0 aliphatic rings. The van der Waals surface area contributed by atoms with E-state index in [0.29, 0.717) is 5.02 Å². The summed E-state index contributed by atoms with van der Waals surface area (Å²) in [5, 5.41) is 2.75. The zero-order chi connectivity index (χ0) is 18.4. The van der Waals surface area contributed by atoms with Crippen LogP contribution in [0, 0.1) is 13.8 Å². The molecule has 0 unspecified atom stereocenters. The lowest BCUT2D eigenvalue weighted by Crippen LogP contribution is -1.97. The van der Waals surface area contributed by atoms with E-state index >= 15 is 0 Å². The van der Waals surface area contributed by atoms with Crippen molar-refractivity contribution in [2.45, 2.75) is 18.7 Å². The molecule has 130 valence electrons. The minimum atomic E-state index is 0.698. The van der Waals surface area contributed by atoms with Crippen molar-refractivity contribution in [1.82, 2.24) is 0 Å². The van der Waals surface area contributed by atoms with Crippen LogP contribution in [0.3, 0.4) is 0 Å². The van der Waals surface area contributed by atoms with E-state index in [4.69, 9.17) is 16.6 Å². The van der Waals surface area contributed by atoms with Crippen molar-refractivity contribution in [3.8, 4) is 0 Å². The Hall–Kier alpha value is -2.29. The predicted octanol–water partition coefficient (Wildman–Crippen LogP) is 7.38. The van der Waals surface area contributed by atoms with Gasteiger partial charge in [-0.3, -0.25) is 0 Å². The molecule has 3 rings (SSSR count). The number of halogens is 1. The van der Waals surface area contributed by atoms with Crippen LogP contribution in [-0.4, -0.2) is 5.71 Å². The smallest absolute Gasteiger partial charge is 0.0729 e. The Morgan fingerprint density at radius 2 is 1.46 bits per heavy atom. The van der Waals surface area contributed by atoms with Gasteiger partial charge in [0.1, 0.15) is 0 Å². The molecule has 0 aliphatic carbocycles. The second-order valence-corrected chi connectivity index (χ2v) is 7.43. The second-order valence-electron chi connectivity index (χ2n) is 6.05. The number of aliphatic imine (C=N–C) groups is 1. The summed E-state index contributed by atoms with van der Waals surface area (Å²) in [5.74, 6) is 0. The molecule has 1 nitrogen and oxygen atoms in total. The van der Waals surface area contributed by atoms with Crippen LogP contribution in [0.5, 0.6) is 0 Å². The lowest BCUT2D eigenvalue weighted by Gasteiger charge is -2.05. The normalized spacial score (nSPS) is 11.9. The number of nitrogens with zero attached hydrogens (tertiary/aromatic N) is 1. The fraction of sp³-hybridized carbons (Fsp3) is 0.0870. The van der Waals surface area contributed by atoms with Gasteiger partial charge in [0, 0.05) is 15.5 Å². The highest BCUT2D eigenvalue weighted by molar-refractivity contribution is 8.02. The van der Waals surface area contributed by atoms with Crippen LogP contribution >= 0.6 is 23.4 Å². The Morgan fingerprint density at radius 3 is 2.12 bits per heavy atom. The fourth-order valence-corrected chi connectivity index (χ4v) is 3.29. The molecule has 0 saturated carbocycles. The lowest BCUT2D eigenvalue weighted by molar-refractivity contribution is 1.38. The summed E-state index contributed by atoms with van der Waals surface area (Å²) in [4.78, 5) is 6.00. The summed E-state index contributed by atoms with van der Waals surface area (Å²) in [7, 11) is 0. The summed E-state index contributed by atoms with van der Waals surface area (Å²) in [6, 6.07) is 24.4. The third-order valence-electron chi connectivity index (χ3n) is 3.88. The minimum Gasteiger partial charge on any atom is -0.248 e. The molecule has 0 heterocycles. The number of hydrogen-bond donors (Lipinski definition) is 0. The first kappa shape index (κ1) is 18.5. The van der Waals surface area contributed by atoms with Crippen LogP contribution in [-0.2, 0) is 0 Å². The Balaban J connectivity index is 1.90. The van der Waals surface area contributed by atoms with E-state index in [0.717, 1.165) is 17.0 Å². The maximum atomic E-state index is 6.40. The van der Waals surface area contributed by atoms with Gasteiger partial charge in [0.05, 0.1) is 11.4 Å². The molecule has 3 aromatic carbocycles. The molecule has 3 heteroatoms. The maximum absolute atomic E-state index is 6.40. The molecular weight excluding hydrogens is 358 g/mol. The zero-order valence-corrected chi connectivity index (χ0v) is 16.4. The third kappa shape index (κ3) is 5.10. The molecule has 0 spiro atoms. The fourth-order valence-electron chi connectivity index (χ4n) is 2.41. The maximum Gasteiger partial charge on any atom is 0.0729 e. The van der Waals surface area contributed by atoms with Crippen LogP contribution in [0.25, 0.3) is 0 Å². The van der Waals surface area contributed by atoms with E-state index < -0.39 is 0 Å². The van der Waals surface area contributed by atoms with Crippen LogP contribution < -0.4 is 0 Å². The molecule has 0 radical (unpaired) electrons. The highest BCUT2D eigenvalue weighted by atomic mass is 35.5. The molecule has 0 saturated heterocycles. The predicted molar refractivity (Wildman–Crippen MR) is 115 cm³/mol. The summed E-state index contributed by atoms with van der Waals surface area (Å²) in [6.07, 6.45) is 2.02. The summed E-state index contributed by atoms with van der Waals surface area (Å²) < 4.78 is 0. The Bertz CT molecular complexity index is 925. The molecule has 3 aromatic rings. The molecule has 0 N–H and O–H groups in total.